The number of hydrogen-bond donors (Lipinski definition) is 1. The molecule has 4 nitrogen and oxygen atoms in total. The second kappa shape index (κ2) is 7.90. The largest absolute Gasteiger partial charge is 0.496 e. The van der Waals surface area contributed by atoms with Crippen LogP contribution in [0.2, 0.25) is 0 Å². The van der Waals surface area contributed by atoms with Crippen LogP contribution in [-0.2, 0) is 0 Å². The molecule has 0 radical (unpaired) electrons. The fourth-order valence-electron chi connectivity index (χ4n) is 2.40. The number of rotatable bonds is 4. The van der Waals surface area contributed by atoms with Crippen molar-refractivity contribution in [2.75, 3.05) is 14.2 Å². The maximum atomic E-state index is 6.41. The van der Waals surface area contributed by atoms with Crippen molar-refractivity contribution < 1.29 is 4.74 Å². The van der Waals surface area contributed by atoms with Crippen LogP contribution >= 0.6 is 11.6 Å². The fourth-order valence-corrected chi connectivity index (χ4v) is 2.71. The van der Waals surface area contributed by atoms with Gasteiger partial charge in [-0.15, -0.1) is 0 Å². The van der Waals surface area contributed by atoms with E-state index in [9.17, 15) is 0 Å². The quantitative estimate of drug-likeness (QED) is 0.860. The molecule has 0 fully saturated rings. The van der Waals surface area contributed by atoms with Crippen molar-refractivity contribution in [1.29, 1.82) is 0 Å². The third-order valence-corrected chi connectivity index (χ3v) is 3.70. The summed E-state index contributed by atoms with van der Waals surface area (Å²) in [4.78, 5) is 8.44. The molecular weight excluding hydrogens is 310 g/mol. The Hall–Kier alpha value is -2.17. The number of aromatic nitrogens is 1. The van der Waals surface area contributed by atoms with E-state index in [4.69, 9.17) is 22.1 Å². The predicted molar refractivity (Wildman–Crippen MR) is 96.9 cm³/mol. The minimum absolute atomic E-state index is 0.206. The molecule has 1 aromatic rings. The Bertz CT molecular complexity index is 730. The Kier molecular flexibility index (Phi) is 5.90. The highest BCUT2D eigenvalue weighted by molar-refractivity contribution is 6.48. The van der Waals surface area contributed by atoms with Gasteiger partial charge in [-0.05, 0) is 36.3 Å². The normalized spacial score (nSPS) is 19.9. The van der Waals surface area contributed by atoms with E-state index in [1.807, 2.05) is 43.4 Å². The molecule has 1 atom stereocenters. The number of hydrogen-bond acceptors (Lipinski definition) is 4. The van der Waals surface area contributed by atoms with E-state index >= 15 is 0 Å². The highest BCUT2D eigenvalue weighted by atomic mass is 35.5. The van der Waals surface area contributed by atoms with Crippen LogP contribution < -0.4 is 10.5 Å². The Morgan fingerprint density at radius 2 is 2.17 bits per heavy atom. The molecule has 0 aliphatic heterocycles. The molecule has 120 valence electrons. The van der Waals surface area contributed by atoms with Crippen LogP contribution in [-0.4, -0.2) is 30.9 Å². The molecule has 2 N–H and O–H groups in total. The van der Waals surface area contributed by atoms with E-state index in [0.29, 0.717) is 5.03 Å². The maximum Gasteiger partial charge on any atom is 0.129 e. The first kappa shape index (κ1) is 17.2. The van der Waals surface area contributed by atoms with E-state index in [1.54, 1.807) is 26.6 Å². The van der Waals surface area contributed by atoms with Gasteiger partial charge in [-0.3, -0.25) is 9.98 Å². The average molecular weight is 330 g/mol. The van der Waals surface area contributed by atoms with Crippen molar-refractivity contribution in [2.24, 2.45) is 10.7 Å². The molecule has 1 aliphatic carbocycles. The summed E-state index contributed by atoms with van der Waals surface area (Å²) < 4.78 is 5.40. The lowest BCUT2D eigenvalue weighted by atomic mass is 9.94. The van der Waals surface area contributed by atoms with Gasteiger partial charge in [-0.25, -0.2) is 0 Å². The van der Waals surface area contributed by atoms with Crippen LogP contribution in [0.5, 0.6) is 5.75 Å². The van der Waals surface area contributed by atoms with Crippen LogP contribution in [0.1, 0.15) is 12.5 Å². The molecule has 1 unspecified atom stereocenters. The molecule has 0 amide bonds. The number of nitrogens with two attached hydrogens (primary N) is 1. The molecule has 5 heteroatoms. The smallest absolute Gasteiger partial charge is 0.129 e. The summed E-state index contributed by atoms with van der Waals surface area (Å²) >= 11 is 6.41. The van der Waals surface area contributed by atoms with Gasteiger partial charge >= 0.3 is 0 Å². The lowest BCUT2D eigenvalue weighted by Gasteiger charge is -2.17. The second-order valence-electron chi connectivity index (χ2n) is 4.97. The zero-order chi connectivity index (χ0) is 16.8. The SMILES string of the molecule is C/C=C/C(N)/C=C1/C=C(c2cnccc2OC)C=C(Cl)C1=NC. The third-order valence-electron chi connectivity index (χ3n) is 3.42. The van der Waals surface area contributed by atoms with Gasteiger partial charge in [0.15, 0.2) is 0 Å². The van der Waals surface area contributed by atoms with Gasteiger partial charge in [0.25, 0.3) is 0 Å². The first-order chi connectivity index (χ1) is 11.1. The minimum Gasteiger partial charge on any atom is -0.496 e. The van der Waals surface area contributed by atoms with Gasteiger partial charge in [0.05, 0.1) is 17.9 Å². The van der Waals surface area contributed by atoms with Gasteiger partial charge < -0.3 is 10.5 Å². The summed E-state index contributed by atoms with van der Waals surface area (Å²) in [5, 5.41) is 0.565. The Balaban J connectivity index is 2.54. The fraction of sp³-hybridized carbons (Fsp3) is 0.222. The molecule has 0 spiro atoms. The van der Waals surface area contributed by atoms with Gasteiger partial charge in [0, 0.05) is 31.0 Å². The second-order valence-corrected chi connectivity index (χ2v) is 5.37. The number of aliphatic imine (C=N–C) groups is 1. The van der Waals surface area contributed by atoms with Crippen LogP contribution in [0, 0.1) is 0 Å². The molecule has 0 bridgehead atoms. The number of pyridine rings is 1. The Morgan fingerprint density at radius 1 is 1.39 bits per heavy atom. The standard InChI is InChI=1S/C18H20ClN3O/c1-4-5-14(20)9-13-8-12(10-16(19)18(13)21-2)15-11-22-7-6-17(15)23-3/h4-11,14H,20H2,1-3H3/b5-4+,13-9-,21-18?. The van der Waals surface area contributed by atoms with E-state index < -0.39 is 0 Å². The van der Waals surface area contributed by atoms with Crippen molar-refractivity contribution in [1.82, 2.24) is 4.98 Å². The van der Waals surface area contributed by atoms with E-state index in [2.05, 4.69) is 9.98 Å². The van der Waals surface area contributed by atoms with Gasteiger partial charge in [-0.2, -0.15) is 0 Å². The zero-order valence-corrected chi connectivity index (χ0v) is 14.2. The van der Waals surface area contributed by atoms with Crippen LogP contribution in [0.3, 0.4) is 0 Å². The topological polar surface area (TPSA) is 60.5 Å². The lowest BCUT2D eigenvalue weighted by Crippen LogP contribution is -2.17. The van der Waals surface area contributed by atoms with Gasteiger partial charge in [0.1, 0.15) is 5.75 Å². The van der Waals surface area contributed by atoms with Crippen molar-refractivity contribution in [3.8, 4) is 5.75 Å². The molecule has 0 aromatic carbocycles. The van der Waals surface area contributed by atoms with Crippen LogP contribution in [0.15, 0.2) is 64.4 Å². The maximum absolute atomic E-state index is 6.41. The molecule has 1 heterocycles. The number of halogens is 1. The van der Waals surface area contributed by atoms with Gasteiger partial charge in [0.2, 0.25) is 0 Å². The number of nitrogens with zero attached hydrogens (tertiary/aromatic N) is 2. The summed E-state index contributed by atoms with van der Waals surface area (Å²) in [6.07, 6.45) is 13.1. The van der Waals surface area contributed by atoms with Gasteiger partial charge in [-0.1, -0.05) is 29.8 Å². The highest BCUT2D eigenvalue weighted by Gasteiger charge is 2.18. The van der Waals surface area contributed by atoms with E-state index in [-0.39, 0.29) is 6.04 Å². The van der Waals surface area contributed by atoms with E-state index in [1.165, 1.54) is 0 Å². The molecule has 1 aromatic heterocycles. The first-order valence-electron chi connectivity index (χ1n) is 7.25. The van der Waals surface area contributed by atoms with E-state index in [0.717, 1.165) is 28.2 Å². The third kappa shape index (κ3) is 3.97. The monoisotopic (exact) mass is 329 g/mol. The van der Waals surface area contributed by atoms with Crippen LogP contribution in [0.4, 0.5) is 0 Å². The molecule has 1 aliphatic rings. The summed E-state index contributed by atoms with van der Waals surface area (Å²) in [6.45, 7) is 1.93. The Morgan fingerprint density at radius 3 is 2.83 bits per heavy atom. The molecule has 23 heavy (non-hydrogen) atoms. The van der Waals surface area contributed by atoms with Crippen molar-refractivity contribution >= 4 is 22.9 Å². The molecule has 2 rings (SSSR count). The summed E-state index contributed by atoms with van der Waals surface area (Å²) in [5.74, 6) is 0.737. The minimum atomic E-state index is -0.206. The van der Waals surface area contributed by atoms with Crippen molar-refractivity contribution in [3.63, 3.8) is 0 Å². The summed E-state index contributed by atoms with van der Waals surface area (Å²) in [6, 6.07) is 1.61. The average Bonchev–Trinajstić information content (AvgIpc) is 2.54. The molecule has 0 saturated carbocycles. The van der Waals surface area contributed by atoms with Crippen molar-refractivity contribution in [3.05, 3.63) is 65.0 Å². The van der Waals surface area contributed by atoms with Crippen LogP contribution in [0.25, 0.3) is 5.57 Å². The zero-order valence-electron chi connectivity index (χ0n) is 13.5. The highest BCUT2D eigenvalue weighted by Crippen LogP contribution is 2.33. The molecular formula is C18H20ClN3O. The number of methoxy groups -OCH3 is 1. The summed E-state index contributed by atoms with van der Waals surface area (Å²) in [5.41, 5.74) is 9.45. The Labute approximate surface area is 141 Å². The predicted octanol–water partition coefficient (Wildman–Crippen LogP) is 3.51. The summed E-state index contributed by atoms with van der Waals surface area (Å²) in [7, 11) is 3.34. The number of ether oxygens (including phenoxy) is 1. The lowest BCUT2D eigenvalue weighted by molar-refractivity contribution is 0.413. The molecule has 0 saturated heterocycles. The first-order valence-corrected chi connectivity index (χ1v) is 7.63. The van der Waals surface area contributed by atoms with Crippen molar-refractivity contribution in [2.45, 2.75) is 13.0 Å². The number of allylic oxidation sites excluding steroid dienone is 6.